The first-order valence-corrected chi connectivity index (χ1v) is 6.53. The Kier molecular flexibility index (Phi) is 3.28. The monoisotopic (exact) mass is 279 g/mol. The molecule has 0 N–H and O–H groups in total. The third-order valence-electron chi connectivity index (χ3n) is 3.30. The first-order chi connectivity index (χ1) is 10.2. The molecule has 1 aromatic heterocycles. The summed E-state index contributed by atoms with van der Waals surface area (Å²) in [7, 11) is 1.60. The van der Waals surface area contributed by atoms with Crippen LogP contribution >= 0.6 is 0 Å². The van der Waals surface area contributed by atoms with E-state index in [1.807, 2.05) is 24.3 Å². The van der Waals surface area contributed by atoms with E-state index in [9.17, 15) is 9.90 Å². The number of nitrogens with zero attached hydrogens (tertiary/aromatic N) is 1. The zero-order valence-corrected chi connectivity index (χ0v) is 11.4. The minimum atomic E-state index is -0.622. The molecule has 0 radical (unpaired) electrons. The molecule has 4 heteroatoms. The van der Waals surface area contributed by atoms with Crippen LogP contribution in [-0.4, -0.2) is 0 Å². The van der Waals surface area contributed by atoms with E-state index >= 15 is 0 Å². The molecule has 0 saturated carbocycles. The molecule has 0 bridgehead atoms. The van der Waals surface area contributed by atoms with Crippen LogP contribution in [0.3, 0.4) is 0 Å². The number of aromatic nitrogens is 1. The van der Waals surface area contributed by atoms with Crippen LogP contribution in [0.25, 0.3) is 22.6 Å². The van der Waals surface area contributed by atoms with Gasteiger partial charge in [-0.05, 0) is 17.7 Å². The quantitative estimate of drug-likeness (QED) is 0.673. The van der Waals surface area contributed by atoms with Crippen LogP contribution in [-0.2, 0) is 7.05 Å². The Morgan fingerprint density at radius 1 is 0.905 bits per heavy atom. The SMILES string of the molecule is C[n+]1c(-c2ccccc2)oc(=O)c(-c2ccccc2)c1[O-]. The lowest BCUT2D eigenvalue weighted by molar-refractivity contribution is -0.711. The zero-order valence-electron chi connectivity index (χ0n) is 11.4. The molecule has 1 heterocycles. The third kappa shape index (κ3) is 2.31. The van der Waals surface area contributed by atoms with Crippen molar-refractivity contribution in [2.45, 2.75) is 0 Å². The van der Waals surface area contributed by atoms with Crippen molar-refractivity contribution >= 4 is 0 Å². The number of rotatable bonds is 2. The second-order valence-electron chi connectivity index (χ2n) is 4.67. The van der Waals surface area contributed by atoms with Gasteiger partial charge in [-0.15, -0.1) is 0 Å². The summed E-state index contributed by atoms with van der Waals surface area (Å²) in [4.78, 5) is 12.2. The summed E-state index contributed by atoms with van der Waals surface area (Å²) < 4.78 is 6.73. The molecule has 104 valence electrons. The normalized spacial score (nSPS) is 10.5. The van der Waals surface area contributed by atoms with Crippen LogP contribution in [0.15, 0.2) is 69.9 Å². The van der Waals surface area contributed by atoms with Crippen molar-refractivity contribution in [3.63, 3.8) is 0 Å². The minimum absolute atomic E-state index is 0.0535. The maximum Gasteiger partial charge on any atom is 0.382 e. The smallest absolute Gasteiger partial charge is 0.382 e. The van der Waals surface area contributed by atoms with Gasteiger partial charge in [0.15, 0.2) is 5.88 Å². The van der Waals surface area contributed by atoms with Crippen molar-refractivity contribution in [3.05, 3.63) is 71.1 Å². The Balaban J connectivity index is 2.25. The van der Waals surface area contributed by atoms with Crippen molar-refractivity contribution in [3.8, 4) is 28.5 Å². The molecular weight excluding hydrogens is 266 g/mol. The van der Waals surface area contributed by atoms with Gasteiger partial charge < -0.3 is 9.52 Å². The van der Waals surface area contributed by atoms with Crippen molar-refractivity contribution < 1.29 is 14.1 Å². The Morgan fingerprint density at radius 2 is 1.43 bits per heavy atom. The Bertz CT molecular complexity index is 824. The summed E-state index contributed by atoms with van der Waals surface area (Å²) in [6, 6.07) is 17.9. The average Bonchev–Trinajstić information content (AvgIpc) is 2.53. The summed E-state index contributed by atoms with van der Waals surface area (Å²) >= 11 is 0. The Hall–Kier alpha value is -2.88. The largest absolute Gasteiger partial charge is 0.822 e. The predicted octanol–water partition coefficient (Wildman–Crippen LogP) is 1.87. The van der Waals surface area contributed by atoms with Gasteiger partial charge in [0.1, 0.15) is 12.6 Å². The third-order valence-corrected chi connectivity index (χ3v) is 3.30. The first kappa shape index (κ1) is 13.1. The van der Waals surface area contributed by atoms with E-state index < -0.39 is 5.63 Å². The number of benzene rings is 2. The van der Waals surface area contributed by atoms with E-state index in [1.165, 1.54) is 4.57 Å². The summed E-state index contributed by atoms with van der Waals surface area (Å²) in [5.74, 6) is -0.110. The van der Waals surface area contributed by atoms with Gasteiger partial charge in [0.05, 0.1) is 5.56 Å². The van der Waals surface area contributed by atoms with E-state index in [1.54, 1.807) is 43.4 Å². The molecular formula is C17H13NO3. The molecule has 4 nitrogen and oxygen atoms in total. The fourth-order valence-electron chi connectivity index (χ4n) is 2.23. The lowest BCUT2D eigenvalue weighted by atomic mass is 10.1. The van der Waals surface area contributed by atoms with Gasteiger partial charge in [-0.1, -0.05) is 48.5 Å². The van der Waals surface area contributed by atoms with Crippen LogP contribution in [0.2, 0.25) is 0 Å². The molecule has 0 unspecified atom stereocenters. The maximum atomic E-state index is 12.5. The van der Waals surface area contributed by atoms with Crippen LogP contribution < -0.4 is 15.3 Å². The Morgan fingerprint density at radius 3 is 2.00 bits per heavy atom. The summed E-state index contributed by atoms with van der Waals surface area (Å²) in [5, 5.41) is 12.5. The van der Waals surface area contributed by atoms with E-state index in [2.05, 4.69) is 0 Å². The van der Waals surface area contributed by atoms with E-state index in [-0.39, 0.29) is 17.3 Å². The molecule has 2 aromatic carbocycles. The molecule has 0 atom stereocenters. The number of hydrogen-bond acceptors (Lipinski definition) is 3. The van der Waals surface area contributed by atoms with Crippen molar-refractivity contribution in [2.75, 3.05) is 0 Å². The van der Waals surface area contributed by atoms with Gasteiger partial charge in [-0.2, -0.15) is 4.57 Å². The zero-order chi connectivity index (χ0) is 14.8. The fourth-order valence-corrected chi connectivity index (χ4v) is 2.23. The highest BCUT2D eigenvalue weighted by atomic mass is 16.4. The van der Waals surface area contributed by atoms with Crippen LogP contribution in [0.4, 0.5) is 0 Å². The lowest BCUT2D eigenvalue weighted by Crippen LogP contribution is -2.38. The summed E-state index contributed by atoms with van der Waals surface area (Å²) in [5.41, 5.74) is 0.682. The van der Waals surface area contributed by atoms with E-state index in [4.69, 9.17) is 4.42 Å². The van der Waals surface area contributed by atoms with Gasteiger partial charge in [0.25, 0.3) is 0 Å². The molecule has 21 heavy (non-hydrogen) atoms. The molecule has 0 aliphatic carbocycles. The highest BCUT2D eigenvalue weighted by Gasteiger charge is 2.21. The molecule has 0 aliphatic heterocycles. The van der Waals surface area contributed by atoms with Crippen molar-refractivity contribution in [2.24, 2.45) is 7.05 Å². The Labute approximate surface area is 121 Å². The minimum Gasteiger partial charge on any atom is -0.822 e. The fraction of sp³-hybridized carbons (Fsp3) is 0.0588. The number of hydrogen-bond donors (Lipinski definition) is 0. The second-order valence-corrected chi connectivity index (χ2v) is 4.67. The van der Waals surface area contributed by atoms with Crippen LogP contribution in [0.1, 0.15) is 0 Å². The first-order valence-electron chi connectivity index (χ1n) is 6.53. The molecule has 3 aromatic rings. The lowest BCUT2D eigenvalue weighted by Gasteiger charge is -2.10. The topological polar surface area (TPSA) is 57.2 Å². The van der Waals surface area contributed by atoms with Gasteiger partial charge in [0, 0.05) is 0 Å². The molecule has 0 spiro atoms. The molecule has 0 aliphatic rings. The van der Waals surface area contributed by atoms with Gasteiger partial charge in [-0.3, -0.25) is 0 Å². The highest BCUT2D eigenvalue weighted by molar-refractivity contribution is 5.65. The predicted molar refractivity (Wildman–Crippen MR) is 76.5 cm³/mol. The standard InChI is InChI=1S/C17H13NO3/c1-18-15(19)14(12-8-4-2-5-9-12)17(20)21-16(18)13-10-6-3-7-11-13/h2-11H,1H3. The molecule has 3 rings (SSSR count). The highest BCUT2D eigenvalue weighted by Crippen LogP contribution is 2.23. The van der Waals surface area contributed by atoms with Gasteiger partial charge in [-0.25, -0.2) is 4.79 Å². The summed E-state index contributed by atoms with van der Waals surface area (Å²) in [6.45, 7) is 0. The van der Waals surface area contributed by atoms with Crippen molar-refractivity contribution in [1.82, 2.24) is 0 Å². The molecule has 0 amide bonds. The van der Waals surface area contributed by atoms with Crippen LogP contribution in [0, 0.1) is 0 Å². The summed E-state index contributed by atoms with van der Waals surface area (Å²) in [6.07, 6.45) is 0. The van der Waals surface area contributed by atoms with Gasteiger partial charge in [0.2, 0.25) is 0 Å². The molecule has 0 fully saturated rings. The van der Waals surface area contributed by atoms with E-state index in [0.29, 0.717) is 11.1 Å². The molecule has 0 saturated heterocycles. The second kappa shape index (κ2) is 5.25. The average molecular weight is 279 g/mol. The van der Waals surface area contributed by atoms with Gasteiger partial charge >= 0.3 is 11.5 Å². The maximum absolute atomic E-state index is 12.5. The van der Waals surface area contributed by atoms with Crippen molar-refractivity contribution in [1.29, 1.82) is 0 Å². The van der Waals surface area contributed by atoms with E-state index in [0.717, 1.165) is 0 Å². The van der Waals surface area contributed by atoms with Crippen LogP contribution in [0.5, 0.6) is 5.88 Å².